The van der Waals surface area contributed by atoms with Crippen LogP contribution in [0.2, 0.25) is 0 Å². The second kappa shape index (κ2) is 4.81. The first-order valence-corrected chi connectivity index (χ1v) is 7.31. The van der Waals surface area contributed by atoms with Gasteiger partial charge in [0.2, 0.25) is 0 Å². The van der Waals surface area contributed by atoms with Crippen LogP contribution in [0.4, 0.5) is 0 Å². The molecule has 0 atom stereocenters. The van der Waals surface area contributed by atoms with E-state index >= 15 is 0 Å². The van der Waals surface area contributed by atoms with E-state index in [0.29, 0.717) is 11.5 Å². The summed E-state index contributed by atoms with van der Waals surface area (Å²) >= 11 is 0. The molecule has 2 heteroatoms. The van der Waals surface area contributed by atoms with Crippen molar-refractivity contribution in [3.63, 3.8) is 0 Å². The van der Waals surface area contributed by atoms with Crippen molar-refractivity contribution in [3.05, 3.63) is 35.4 Å². The van der Waals surface area contributed by atoms with Gasteiger partial charge in [-0.2, -0.15) is 5.26 Å². The number of nitrogens with zero attached hydrogens (tertiary/aromatic N) is 1. The van der Waals surface area contributed by atoms with Gasteiger partial charge in [-0.3, -0.25) is 4.79 Å². The lowest BCUT2D eigenvalue weighted by Gasteiger charge is -2.22. The molecule has 2 nitrogen and oxygen atoms in total. The van der Waals surface area contributed by atoms with Crippen LogP contribution in [-0.2, 0) is 0 Å². The summed E-state index contributed by atoms with van der Waals surface area (Å²) in [6.45, 7) is 0. The van der Waals surface area contributed by atoms with E-state index in [9.17, 15) is 4.79 Å². The lowest BCUT2D eigenvalue weighted by Crippen LogP contribution is -2.14. The zero-order valence-corrected chi connectivity index (χ0v) is 11.2. The minimum atomic E-state index is -0.688. The molecule has 3 rings (SSSR count). The van der Waals surface area contributed by atoms with Crippen molar-refractivity contribution < 1.29 is 4.79 Å². The maximum Gasteiger partial charge on any atom is 0.183 e. The molecule has 19 heavy (non-hydrogen) atoms. The molecule has 0 unspecified atom stereocenters. The number of hydrogen-bond donors (Lipinski definition) is 0. The van der Waals surface area contributed by atoms with E-state index in [2.05, 4.69) is 18.2 Å². The van der Waals surface area contributed by atoms with Crippen LogP contribution in [0.15, 0.2) is 24.3 Å². The standard InChI is InChI=1S/C17H19NO/c18-12-17(10-11-17)16(19)15-8-6-14(7-9-15)13-4-2-1-3-5-13/h6-9,13H,1-5,10-11H2. The van der Waals surface area contributed by atoms with Crippen LogP contribution in [0, 0.1) is 16.7 Å². The summed E-state index contributed by atoms with van der Waals surface area (Å²) in [6, 6.07) is 10.2. The SMILES string of the molecule is N#CC1(C(=O)c2ccc(C3CCCCC3)cc2)CC1. The summed E-state index contributed by atoms with van der Waals surface area (Å²) in [6.07, 6.45) is 8.01. The van der Waals surface area contributed by atoms with Gasteiger partial charge in [-0.05, 0) is 37.2 Å². The van der Waals surface area contributed by atoms with Crippen molar-refractivity contribution in [2.75, 3.05) is 0 Å². The van der Waals surface area contributed by atoms with Crippen LogP contribution >= 0.6 is 0 Å². The molecule has 0 aromatic heterocycles. The van der Waals surface area contributed by atoms with Crippen LogP contribution in [0.1, 0.15) is 66.8 Å². The highest BCUT2D eigenvalue weighted by molar-refractivity contribution is 6.04. The maximum absolute atomic E-state index is 12.2. The first kappa shape index (κ1) is 12.4. The van der Waals surface area contributed by atoms with Gasteiger partial charge in [-0.15, -0.1) is 0 Å². The number of Topliss-reactive ketones (excluding diaryl/α,β-unsaturated/α-hetero) is 1. The number of benzene rings is 1. The minimum absolute atomic E-state index is 0.0187. The van der Waals surface area contributed by atoms with Gasteiger partial charge < -0.3 is 0 Å². The Morgan fingerprint density at radius 2 is 1.74 bits per heavy atom. The maximum atomic E-state index is 12.2. The summed E-state index contributed by atoms with van der Waals surface area (Å²) in [7, 11) is 0. The highest BCUT2D eigenvalue weighted by atomic mass is 16.1. The van der Waals surface area contributed by atoms with Crippen LogP contribution in [-0.4, -0.2) is 5.78 Å². The zero-order chi connectivity index (χ0) is 13.3. The summed E-state index contributed by atoms with van der Waals surface area (Å²) in [5, 5.41) is 9.08. The molecular weight excluding hydrogens is 234 g/mol. The Bertz CT molecular complexity index is 513. The van der Waals surface area contributed by atoms with Crippen molar-refractivity contribution in [1.29, 1.82) is 5.26 Å². The highest BCUT2D eigenvalue weighted by Crippen LogP contribution is 2.47. The largest absolute Gasteiger partial charge is 0.292 e. The molecule has 1 aromatic rings. The summed E-state index contributed by atoms with van der Waals surface area (Å²) in [5.41, 5.74) is 1.38. The number of carbonyl (C=O) groups is 1. The number of nitriles is 1. The van der Waals surface area contributed by atoms with E-state index in [1.807, 2.05) is 12.1 Å². The average molecular weight is 253 g/mol. The Kier molecular flexibility index (Phi) is 3.14. The molecule has 1 aromatic carbocycles. The third-order valence-corrected chi connectivity index (χ3v) is 4.65. The molecule has 0 bridgehead atoms. The van der Waals surface area contributed by atoms with Crippen molar-refractivity contribution in [1.82, 2.24) is 0 Å². The van der Waals surface area contributed by atoms with Crippen LogP contribution in [0.5, 0.6) is 0 Å². The topological polar surface area (TPSA) is 40.9 Å². The first-order valence-electron chi connectivity index (χ1n) is 7.31. The molecule has 2 aliphatic rings. The Morgan fingerprint density at radius 3 is 2.26 bits per heavy atom. The predicted octanol–water partition coefficient (Wildman–Crippen LogP) is 4.22. The highest BCUT2D eigenvalue weighted by Gasteiger charge is 2.50. The van der Waals surface area contributed by atoms with Crippen molar-refractivity contribution in [3.8, 4) is 6.07 Å². The van der Waals surface area contributed by atoms with Gasteiger partial charge in [0.25, 0.3) is 0 Å². The molecule has 0 aliphatic heterocycles. The Balaban J connectivity index is 1.76. The third kappa shape index (κ3) is 2.30. The van der Waals surface area contributed by atoms with E-state index in [4.69, 9.17) is 5.26 Å². The van der Waals surface area contributed by atoms with Crippen LogP contribution in [0.3, 0.4) is 0 Å². The first-order chi connectivity index (χ1) is 9.25. The molecule has 0 radical (unpaired) electrons. The number of ketones is 1. The second-order valence-electron chi connectivity index (χ2n) is 5.98. The van der Waals surface area contributed by atoms with Gasteiger partial charge in [-0.1, -0.05) is 43.5 Å². The normalized spacial score (nSPS) is 21.6. The monoisotopic (exact) mass is 253 g/mol. The quantitative estimate of drug-likeness (QED) is 0.757. The summed E-state index contributed by atoms with van der Waals surface area (Å²) in [4.78, 5) is 12.2. The zero-order valence-electron chi connectivity index (χ0n) is 11.2. The van der Waals surface area contributed by atoms with Gasteiger partial charge in [0.1, 0.15) is 5.41 Å². The van der Waals surface area contributed by atoms with Crippen molar-refractivity contribution in [2.24, 2.45) is 5.41 Å². The number of hydrogen-bond acceptors (Lipinski definition) is 2. The number of carbonyl (C=O) groups excluding carboxylic acids is 1. The second-order valence-corrected chi connectivity index (χ2v) is 5.98. The summed E-state index contributed by atoms with van der Waals surface area (Å²) < 4.78 is 0. The lowest BCUT2D eigenvalue weighted by atomic mass is 9.83. The molecule has 0 heterocycles. The van der Waals surface area contributed by atoms with E-state index in [1.165, 1.54) is 37.7 Å². The molecule has 0 saturated heterocycles. The molecule has 2 saturated carbocycles. The Labute approximate surface area is 114 Å². The van der Waals surface area contributed by atoms with E-state index in [0.717, 1.165) is 12.8 Å². The lowest BCUT2D eigenvalue weighted by molar-refractivity contribution is 0.0934. The molecule has 0 spiro atoms. The van der Waals surface area contributed by atoms with E-state index in [1.54, 1.807) is 0 Å². The fraction of sp³-hybridized carbons (Fsp3) is 0.529. The van der Waals surface area contributed by atoms with Gasteiger partial charge in [0, 0.05) is 5.56 Å². The fourth-order valence-corrected chi connectivity index (χ4v) is 3.13. The third-order valence-electron chi connectivity index (χ3n) is 4.65. The molecule has 98 valence electrons. The molecular formula is C17H19NO. The molecule has 0 amide bonds. The minimum Gasteiger partial charge on any atom is -0.292 e. The van der Waals surface area contributed by atoms with Crippen LogP contribution < -0.4 is 0 Å². The predicted molar refractivity (Wildman–Crippen MR) is 73.9 cm³/mol. The van der Waals surface area contributed by atoms with Crippen LogP contribution in [0.25, 0.3) is 0 Å². The Morgan fingerprint density at radius 1 is 1.11 bits per heavy atom. The Hall–Kier alpha value is -1.62. The summed E-state index contributed by atoms with van der Waals surface area (Å²) in [5.74, 6) is 0.689. The van der Waals surface area contributed by atoms with E-state index < -0.39 is 5.41 Å². The fourth-order valence-electron chi connectivity index (χ4n) is 3.13. The van der Waals surface area contributed by atoms with Gasteiger partial charge >= 0.3 is 0 Å². The van der Waals surface area contributed by atoms with Crippen molar-refractivity contribution in [2.45, 2.75) is 50.9 Å². The van der Waals surface area contributed by atoms with Gasteiger partial charge in [0.05, 0.1) is 6.07 Å². The van der Waals surface area contributed by atoms with Gasteiger partial charge in [0.15, 0.2) is 5.78 Å². The average Bonchev–Trinajstić information content (AvgIpc) is 3.29. The van der Waals surface area contributed by atoms with Gasteiger partial charge in [-0.25, -0.2) is 0 Å². The van der Waals surface area contributed by atoms with E-state index in [-0.39, 0.29) is 5.78 Å². The molecule has 2 aliphatic carbocycles. The van der Waals surface area contributed by atoms with Crippen molar-refractivity contribution >= 4 is 5.78 Å². The smallest absolute Gasteiger partial charge is 0.183 e. The molecule has 2 fully saturated rings. The molecule has 0 N–H and O–H groups in total. The number of rotatable bonds is 3.